The summed E-state index contributed by atoms with van der Waals surface area (Å²) >= 11 is 0. The molecule has 0 atom stereocenters. The van der Waals surface area contributed by atoms with Crippen LogP contribution < -0.4 is 9.80 Å². The number of amides is 1. The van der Waals surface area contributed by atoms with Crippen LogP contribution in [0, 0.1) is 12.7 Å². The van der Waals surface area contributed by atoms with E-state index in [0.717, 1.165) is 35.6 Å². The van der Waals surface area contributed by atoms with Crippen LogP contribution in [0.3, 0.4) is 0 Å². The minimum Gasteiger partial charge on any atom is -0.377 e. The summed E-state index contributed by atoms with van der Waals surface area (Å²) in [6.07, 6.45) is 0. The molecule has 1 saturated heterocycles. The molecule has 2 aromatic rings. The van der Waals surface area contributed by atoms with Crippen LogP contribution in [-0.4, -0.2) is 51.1 Å². The highest BCUT2D eigenvalue weighted by molar-refractivity contribution is 5.95. The van der Waals surface area contributed by atoms with Gasteiger partial charge in [0.15, 0.2) is 0 Å². The van der Waals surface area contributed by atoms with Crippen molar-refractivity contribution in [3.63, 3.8) is 0 Å². The van der Waals surface area contributed by atoms with Gasteiger partial charge in [0, 0.05) is 57.2 Å². The van der Waals surface area contributed by atoms with Crippen LogP contribution in [0.1, 0.15) is 15.9 Å². The zero-order valence-corrected chi connectivity index (χ0v) is 15.0. The van der Waals surface area contributed by atoms with Gasteiger partial charge in [0.1, 0.15) is 5.82 Å². The number of anilines is 2. The van der Waals surface area contributed by atoms with Crippen LogP contribution in [0.5, 0.6) is 0 Å². The van der Waals surface area contributed by atoms with Crippen molar-refractivity contribution in [2.24, 2.45) is 0 Å². The molecule has 1 aliphatic heterocycles. The third kappa shape index (κ3) is 3.76. The molecular weight excluding hydrogens is 317 g/mol. The van der Waals surface area contributed by atoms with Gasteiger partial charge >= 0.3 is 0 Å². The largest absolute Gasteiger partial charge is 0.377 e. The van der Waals surface area contributed by atoms with Gasteiger partial charge in [-0.1, -0.05) is 0 Å². The number of rotatable bonds is 3. The van der Waals surface area contributed by atoms with Crippen molar-refractivity contribution in [3.05, 3.63) is 59.4 Å². The Balaban J connectivity index is 1.65. The molecule has 1 aliphatic rings. The quantitative estimate of drug-likeness (QED) is 0.858. The van der Waals surface area contributed by atoms with Crippen LogP contribution in [-0.2, 0) is 0 Å². The highest BCUT2D eigenvalue weighted by atomic mass is 19.1. The molecule has 0 aliphatic carbocycles. The second-order valence-electron chi connectivity index (χ2n) is 6.65. The standard InChI is InChI=1S/C20H24FN3O/c1-15-14-16(4-9-19(15)22(2)3)20(25)24-12-10-23(11-13-24)18-7-5-17(21)6-8-18/h4-9,14H,10-13H2,1-3H3. The Morgan fingerprint density at radius 3 is 2.20 bits per heavy atom. The Morgan fingerprint density at radius 1 is 1.00 bits per heavy atom. The fraction of sp³-hybridized carbons (Fsp3) is 0.350. The Kier molecular flexibility index (Phi) is 4.93. The monoisotopic (exact) mass is 341 g/mol. The van der Waals surface area contributed by atoms with Crippen molar-refractivity contribution in [1.29, 1.82) is 0 Å². The van der Waals surface area contributed by atoms with Crippen LogP contribution in [0.4, 0.5) is 15.8 Å². The summed E-state index contributed by atoms with van der Waals surface area (Å²) in [5, 5.41) is 0. The normalized spacial score (nSPS) is 14.6. The fourth-order valence-electron chi connectivity index (χ4n) is 3.29. The number of halogens is 1. The minimum absolute atomic E-state index is 0.0761. The van der Waals surface area contributed by atoms with E-state index >= 15 is 0 Å². The summed E-state index contributed by atoms with van der Waals surface area (Å²) in [6.45, 7) is 4.88. The first-order chi connectivity index (χ1) is 12.0. The van der Waals surface area contributed by atoms with Gasteiger partial charge < -0.3 is 14.7 Å². The zero-order valence-electron chi connectivity index (χ0n) is 15.0. The molecular formula is C20H24FN3O. The van der Waals surface area contributed by atoms with E-state index in [2.05, 4.69) is 4.90 Å². The SMILES string of the molecule is Cc1cc(C(=O)N2CCN(c3ccc(F)cc3)CC2)ccc1N(C)C. The molecule has 0 spiro atoms. The predicted molar refractivity (Wildman–Crippen MR) is 100 cm³/mol. The van der Waals surface area contributed by atoms with E-state index in [1.165, 1.54) is 12.1 Å². The van der Waals surface area contributed by atoms with E-state index < -0.39 is 0 Å². The van der Waals surface area contributed by atoms with E-state index in [-0.39, 0.29) is 11.7 Å². The first-order valence-electron chi connectivity index (χ1n) is 8.53. The third-order valence-corrected chi connectivity index (χ3v) is 4.68. The smallest absolute Gasteiger partial charge is 0.253 e. The lowest BCUT2D eigenvalue weighted by Gasteiger charge is -2.36. The lowest BCUT2D eigenvalue weighted by atomic mass is 10.1. The molecule has 4 nitrogen and oxygen atoms in total. The van der Waals surface area contributed by atoms with Crippen molar-refractivity contribution in [2.75, 3.05) is 50.1 Å². The molecule has 2 aromatic carbocycles. The Morgan fingerprint density at radius 2 is 1.64 bits per heavy atom. The molecule has 0 unspecified atom stereocenters. The van der Waals surface area contributed by atoms with E-state index in [1.54, 1.807) is 12.1 Å². The predicted octanol–water partition coefficient (Wildman–Crippen LogP) is 3.16. The summed E-state index contributed by atoms with van der Waals surface area (Å²) in [5.41, 5.74) is 3.96. The molecule has 0 aromatic heterocycles. The van der Waals surface area contributed by atoms with Gasteiger partial charge in [-0.15, -0.1) is 0 Å². The Bertz CT molecular complexity index is 750. The van der Waals surface area contributed by atoms with Crippen LogP contribution in [0.2, 0.25) is 0 Å². The average molecular weight is 341 g/mol. The summed E-state index contributed by atoms with van der Waals surface area (Å²) < 4.78 is 13.0. The Hall–Kier alpha value is -2.56. The van der Waals surface area contributed by atoms with Gasteiger partial charge in [-0.05, 0) is 55.0 Å². The second-order valence-corrected chi connectivity index (χ2v) is 6.65. The maximum absolute atomic E-state index is 13.0. The molecule has 1 amide bonds. The first kappa shape index (κ1) is 17.3. The van der Waals surface area contributed by atoms with E-state index in [4.69, 9.17) is 0 Å². The zero-order chi connectivity index (χ0) is 18.0. The molecule has 1 fully saturated rings. The number of hydrogen-bond donors (Lipinski definition) is 0. The number of aryl methyl sites for hydroxylation is 1. The summed E-state index contributed by atoms with van der Waals surface area (Å²) in [7, 11) is 4.00. The van der Waals surface area contributed by atoms with E-state index in [1.807, 2.05) is 49.0 Å². The molecule has 5 heteroatoms. The summed E-state index contributed by atoms with van der Waals surface area (Å²) in [4.78, 5) is 18.9. The molecule has 0 N–H and O–H groups in total. The minimum atomic E-state index is -0.228. The second kappa shape index (κ2) is 7.13. The van der Waals surface area contributed by atoms with Crippen molar-refractivity contribution < 1.29 is 9.18 Å². The molecule has 0 bridgehead atoms. The molecule has 3 rings (SSSR count). The molecule has 1 heterocycles. The number of piperazine rings is 1. The first-order valence-corrected chi connectivity index (χ1v) is 8.53. The average Bonchev–Trinajstić information content (AvgIpc) is 2.61. The van der Waals surface area contributed by atoms with Gasteiger partial charge in [-0.2, -0.15) is 0 Å². The van der Waals surface area contributed by atoms with Crippen LogP contribution >= 0.6 is 0 Å². The van der Waals surface area contributed by atoms with Crippen molar-refractivity contribution >= 4 is 17.3 Å². The van der Waals surface area contributed by atoms with E-state index in [9.17, 15) is 9.18 Å². The van der Waals surface area contributed by atoms with Crippen LogP contribution in [0.25, 0.3) is 0 Å². The number of nitrogens with zero attached hydrogens (tertiary/aromatic N) is 3. The lowest BCUT2D eigenvalue weighted by molar-refractivity contribution is 0.0746. The van der Waals surface area contributed by atoms with Gasteiger partial charge in [-0.25, -0.2) is 4.39 Å². The van der Waals surface area contributed by atoms with Crippen molar-refractivity contribution in [3.8, 4) is 0 Å². The van der Waals surface area contributed by atoms with E-state index in [0.29, 0.717) is 13.1 Å². The molecule has 25 heavy (non-hydrogen) atoms. The fourth-order valence-corrected chi connectivity index (χ4v) is 3.29. The Labute approximate surface area is 148 Å². The maximum atomic E-state index is 13.0. The van der Waals surface area contributed by atoms with Crippen molar-refractivity contribution in [2.45, 2.75) is 6.92 Å². The molecule has 0 saturated carbocycles. The maximum Gasteiger partial charge on any atom is 0.253 e. The summed E-state index contributed by atoms with van der Waals surface area (Å²) in [6, 6.07) is 12.4. The highest BCUT2D eigenvalue weighted by Crippen LogP contribution is 2.21. The molecule has 132 valence electrons. The number of carbonyl (C=O) groups excluding carboxylic acids is 1. The summed E-state index contributed by atoms with van der Waals surface area (Å²) in [5.74, 6) is -0.152. The number of carbonyl (C=O) groups is 1. The topological polar surface area (TPSA) is 26.8 Å². The van der Waals surface area contributed by atoms with Gasteiger partial charge in [0.2, 0.25) is 0 Å². The van der Waals surface area contributed by atoms with Crippen LogP contribution in [0.15, 0.2) is 42.5 Å². The van der Waals surface area contributed by atoms with Gasteiger partial charge in [0.25, 0.3) is 5.91 Å². The lowest BCUT2D eigenvalue weighted by Crippen LogP contribution is -2.48. The van der Waals surface area contributed by atoms with Gasteiger partial charge in [0.05, 0.1) is 0 Å². The molecule has 0 radical (unpaired) electrons. The number of benzene rings is 2. The van der Waals surface area contributed by atoms with Crippen molar-refractivity contribution in [1.82, 2.24) is 4.90 Å². The number of hydrogen-bond acceptors (Lipinski definition) is 3. The third-order valence-electron chi connectivity index (χ3n) is 4.68. The highest BCUT2D eigenvalue weighted by Gasteiger charge is 2.22. The van der Waals surface area contributed by atoms with Gasteiger partial charge in [-0.3, -0.25) is 4.79 Å².